The molecule has 0 saturated carbocycles. The highest BCUT2D eigenvalue weighted by Crippen LogP contribution is 2.26. The number of aliphatic hydroxyl groups excluding tert-OH is 3. The van der Waals surface area contributed by atoms with Crippen LogP contribution in [0.4, 0.5) is 0 Å². The predicted octanol–water partition coefficient (Wildman–Crippen LogP) is 1.67. The number of hydrogen-bond donors (Lipinski definition) is 3. The highest BCUT2D eigenvalue weighted by Gasteiger charge is 2.39. The Labute approximate surface area is 146 Å². The van der Waals surface area contributed by atoms with E-state index in [0.717, 1.165) is 5.56 Å². The molecule has 7 nitrogen and oxygen atoms in total. The minimum Gasteiger partial charge on any atom is -0.510 e. The van der Waals surface area contributed by atoms with Crippen LogP contribution in [0.15, 0.2) is 36.6 Å². The number of carbonyl (C=O) groups excluding carboxylic acids is 1. The molecule has 0 amide bonds. The van der Waals surface area contributed by atoms with Crippen molar-refractivity contribution in [2.45, 2.75) is 51.5 Å². The lowest BCUT2D eigenvalue weighted by molar-refractivity contribution is -0.217. The molecular weight excluding hydrogens is 328 g/mol. The quantitative estimate of drug-likeness (QED) is 0.528. The molecule has 0 aromatic heterocycles. The Morgan fingerprint density at radius 1 is 1.32 bits per heavy atom. The van der Waals surface area contributed by atoms with Crippen LogP contribution in [0.5, 0.6) is 5.75 Å². The van der Waals surface area contributed by atoms with E-state index in [4.69, 9.17) is 14.2 Å². The van der Waals surface area contributed by atoms with Crippen molar-refractivity contribution in [1.82, 2.24) is 0 Å². The molecule has 0 radical (unpaired) electrons. The van der Waals surface area contributed by atoms with E-state index < -0.39 is 24.6 Å². The third kappa shape index (κ3) is 5.19. The van der Waals surface area contributed by atoms with Crippen molar-refractivity contribution in [3.8, 4) is 5.75 Å². The molecule has 1 saturated heterocycles. The number of benzene rings is 1. The van der Waals surface area contributed by atoms with Crippen molar-refractivity contribution >= 4 is 5.97 Å². The van der Waals surface area contributed by atoms with Gasteiger partial charge in [0.15, 0.2) is 0 Å². The van der Waals surface area contributed by atoms with Crippen LogP contribution in [0.3, 0.4) is 0 Å². The third-order valence-corrected chi connectivity index (χ3v) is 3.81. The minimum absolute atomic E-state index is 0.0543. The zero-order valence-corrected chi connectivity index (χ0v) is 14.3. The molecule has 0 aliphatic carbocycles. The zero-order valence-electron chi connectivity index (χ0n) is 14.3. The predicted molar refractivity (Wildman–Crippen MR) is 88.8 cm³/mol. The van der Waals surface area contributed by atoms with Gasteiger partial charge in [0.05, 0.1) is 12.0 Å². The van der Waals surface area contributed by atoms with Gasteiger partial charge in [-0.1, -0.05) is 32.6 Å². The monoisotopic (exact) mass is 352 g/mol. The van der Waals surface area contributed by atoms with Crippen LogP contribution in [0.25, 0.3) is 0 Å². The maximum atomic E-state index is 11.5. The van der Waals surface area contributed by atoms with Crippen LogP contribution in [-0.2, 0) is 20.9 Å². The second-order valence-electron chi connectivity index (χ2n) is 6.30. The van der Waals surface area contributed by atoms with E-state index in [9.17, 15) is 20.1 Å². The lowest BCUT2D eigenvalue weighted by Gasteiger charge is -2.36. The third-order valence-electron chi connectivity index (χ3n) is 3.81. The van der Waals surface area contributed by atoms with Gasteiger partial charge in [-0.3, -0.25) is 4.79 Å². The van der Waals surface area contributed by atoms with Gasteiger partial charge in [0.25, 0.3) is 0 Å². The summed E-state index contributed by atoms with van der Waals surface area (Å²) in [5, 5.41) is 29.1. The van der Waals surface area contributed by atoms with Crippen molar-refractivity contribution in [2.75, 3.05) is 0 Å². The van der Waals surface area contributed by atoms with Crippen molar-refractivity contribution in [1.29, 1.82) is 0 Å². The Balaban J connectivity index is 1.92. The molecule has 2 rings (SSSR count). The molecule has 1 heterocycles. The fraction of sp³-hybridized carbons (Fsp3) is 0.500. The van der Waals surface area contributed by atoms with E-state index in [-0.39, 0.29) is 30.7 Å². The Morgan fingerprint density at radius 3 is 2.52 bits per heavy atom. The lowest BCUT2D eigenvalue weighted by Crippen LogP contribution is -2.50. The van der Waals surface area contributed by atoms with Crippen molar-refractivity contribution in [3.05, 3.63) is 42.2 Å². The Hall–Kier alpha value is -2.09. The van der Waals surface area contributed by atoms with Crippen LogP contribution >= 0.6 is 0 Å². The van der Waals surface area contributed by atoms with Crippen LogP contribution in [0, 0.1) is 5.92 Å². The summed E-state index contributed by atoms with van der Waals surface area (Å²) in [5.41, 5.74) is 0.808. The van der Waals surface area contributed by atoms with Gasteiger partial charge in [-0.2, -0.15) is 0 Å². The summed E-state index contributed by atoms with van der Waals surface area (Å²) in [7, 11) is 0. The van der Waals surface area contributed by atoms with Gasteiger partial charge in [-0.25, -0.2) is 0 Å². The molecule has 7 heteroatoms. The number of hydrogen-bond acceptors (Lipinski definition) is 7. The van der Waals surface area contributed by atoms with Crippen molar-refractivity contribution < 1.29 is 34.3 Å². The van der Waals surface area contributed by atoms with E-state index in [1.807, 2.05) is 0 Å². The summed E-state index contributed by atoms with van der Waals surface area (Å²) < 4.78 is 16.2. The van der Waals surface area contributed by atoms with Gasteiger partial charge in [-0.15, -0.1) is 0 Å². The van der Waals surface area contributed by atoms with Crippen LogP contribution in [-0.4, -0.2) is 45.9 Å². The van der Waals surface area contributed by atoms with Gasteiger partial charge >= 0.3 is 5.97 Å². The molecule has 1 fully saturated rings. The average Bonchev–Trinajstić information content (AvgIpc) is 2.56. The topological polar surface area (TPSA) is 105 Å². The summed E-state index contributed by atoms with van der Waals surface area (Å²) in [5.74, 6) is -0.335. The van der Waals surface area contributed by atoms with E-state index >= 15 is 0 Å². The van der Waals surface area contributed by atoms with Crippen LogP contribution in [0.1, 0.15) is 25.8 Å². The first-order valence-electron chi connectivity index (χ1n) is 8.09. The highest BCUT2D eigenvalue weighted by molar-refractivity contribution is 5.71. The van der Waals surface area contributed by atoms with E-state index in [1.165, 1.54) is 0 Å². The van der Waals surface area contributed by atoms with Gasteiger partial charge in [-0.05, 0) is 17.7 Å². The first-order valence-corrected chi connectivity index (χ1v) is 8.09. The first-order chi connectivity index (χ1) is 11.8. The zero-order chi connectivity index (χ0) is 18.6. The molecule has 3 N–H and O–H groups in total. The van der Waals surface area contributed by atoms with Gasteiger partial charge in [0, 0.05) is 6.42 Å². The Morgan fingerprint density at radius 2 is 1.96 bits per heavy atom. The molecule has 1 aromatic rings. The molecule has 1 aromatic carbocycles. The second-order valence-corrected chi connectivity index (χ2v) is 6.30. The minimum atomic E-state index is -1.25. The Kier molecular flexibility index (Phi) is 6.41. The van der Waals surface area contributed by atoms with Crippen LogP contribution < -0.4 is 4.74 Å². The molecule has 25 heavy (non-hydrogen) atoms. The fourth-order valence-corrected chi connectivity index (χ4v) is 2.33. The number of rotatable bonds is 6. The van der Waals surface area contributed by atoms with Crippen molar-refractivity contribution in [2.24, 2.45) is 5.92 Å². The molecule has 138 valence electrons. The summed E-state index contributed by atoms with van der Waals surface area (Å²) >= 11 is 0. The number of carbonyl (C=O) groups is 1. The molecule has 4 atom stereocenters. The molecule has 1 aliphatic rings. The van der Waals surface area contributed by atoms with Crippen molar-refractivity contribution in [3.63, 3.8) is 0 Å². The average molecular weight is 352 g/mol. The van der Waals surface area contributed by atoms with E-state index in [0.29, 0.717) is 5.75 Å². The molecule has 0 unspecified atom stereocenters. The number of aliphatic hydroxyl groups is 3. The van der Waals surface area contributed by atoms with Crippen LogP contribution in [0.2, 0.25) is 0 Å². The smallest absolute Gasteiger partial charge is 0.308 e. The van der Waals surface area contributed by atoms with Gasteiger partial charge < -0.3 is 29.5 Å². The summed E-state index contributed by atoms with van der Waals surface area (Å²) in [6.07, 6.45) is -4.24. The fourth-order valence-electron chi connectivity index (χ4n) is 2.33. The van der Waals surface area contributed by atoms with Gasteiger partial charge in [0.1, 0.15) is 30.3 Å². The SMILES string of the molecule is C=C(O)[C@H]1O[C@@H](Oc2ccc(COC(=O)C(C)C)cc2)C[C@@H](O)[C@@H]1O. The maximum absolute atomic E-state index is 11.5. The van der Waals surface area contributed by atoms with Gasteiger partial charge in [0.2, 0.25) is 6.29 Å². The molecule has 0 bridgehead atoms. The molecular formula is C18H24O7. The summed E-state index contributed by atoms with van der Waals surface area (Å²) in [6, 6.07) is 6.86. The Bertz CT molecular complexity index is 596. The maximum Gasteiger partial charge on any atom is 0.308 e. The van der Waals surface area contributed by atoms with E-state index in [2.05, 4.69) is 6.58 Å². The van der Waals surface area contributed by atoms with E-state index in [1.54, 1.807) is 38.1 Å². The molecule has 0 spiro atoms. The number of esters is 1. The normalized spacial score (nSPS) is 26.3. The second kappa shape index (κ2) is 8.33. The summed E-state index contributed by atoms with van der Waals surface area (Å²) in [4.78, 5) is 11.5. The highest BCUT2D eigenvalue weighted by atomic mass is 16.7. The molecule has 1 aliphatic heterocycles. The summed E-state index contributed by atoms with van der Waals surface area (Å²) in [6.45, 7) is 7.04. The lowest BCUT2D eigenvalue weighted by atomic mass is 10.0. The first kappa shape index (κ1) is 19.2. The standard InChI is InChI=1S/C18H24O7/c1-10(2)18(22)23-9-12-4-6-13(7-5-12)24-15-8-14(20)16(21)17(25-15)11(3)19/h4-7,10,14-17,19-21H,3,8-9H2,1-2H3/t14-,15-,16+,17-/m1/s1. The number of ether oxygens (including phenoxy) is 3. The largest absolute Gasteiger partial charge is 0.510 e.